The van der Waals surface area contributed by atoms with Gasteiger partial charge in [0.1, 0.15) is 12.1 Å². The molecule has 0 aromatic heterocycles. The zero-order chi connectivity index (χ0) is 12.5. The molecule has 1 radical (unpaired) electrons. The Hall–Kier alpha value is -1.35. The van der Waals surface area contributed by atoms with Gasteiger partial charge in [0, 0.05) is 12.0 Å². The summed E-state index contributed by atoms with van der Waals surface area (Å²) >= 11 is 0. The molecule has 91 valence electrons. The van der Waals surface area contributed by atoms with Gasteiger partial charge in [0.25, 0.3) is 0 Å². The zero-order valence-electron chi connectivity index (χ0n) is 10.7. The molecule has 17 heavy (non-hydrogen) atoms. The highest BCUT2D eigenvalue weighted by Gasteiger charge is 2.35. The normalized spacial score (nSPS) is 16.4. The van der Waals surface area contributed by atoms with E-state index in [4.69, 9.17) is 4.74 Å². The van der Waals surface area contributed by atoms with Gasteiger partial charge < -0.3 is 4.74 Å². The van der Waals surface area contributed by atoms with Crippen LogP contribution in [0, 0.1) is 0 Å². The second kappa shape index (κ2) is 4.49. The van der Waals surface area contributed by atoms with Gasteiger partial charge >= 0.3 is 6.09 Å². The first-order chi connectivity index (χ1) is 7.96. The van der Waals surface area contributed by atoms with Crippen molar-refractivity contribution in [3.63, 3.8) is 0 Å². The average Bonchev–Trinajstić information content (AvgIpc) is 2.26. The molecule has 1 aromatic carbocycles. The van der Waals surface area contributed by atoms with Crippen LogP contribution in [0.1, 0.15) is 31.9 Å². The van der Waals surface area contributed by atoms with Crippen molar-refractivity contribution in [1.82, 2.24) is 4.90 Å². The summed E-state index contributed by atoms with van der Waals surface area (Å²) in [6.45, 7) is 7.07. The Balaban J connectivity index is 2.05. The van der Waals surface area contributed by atoms with E-state index in [0.29, 0.717) is 6.54 Å². The average molecular weight is 233 g/mol. The van der Waals surface area contributed by atoms with Crippen molar-refractivity contribution in [2.75, 3.05) is 6.54 Å². The summed E-state index contributed by atoms with van der Waals surface area (Å²) in [5, 5.41) is 0. The van der Waals surface area contributed by atoms with Crippen LogP contribution in [0.25, 0.3) is 0 Å². The lowest BCUT2D eigenvalue weighted by Gasteiger charge is -2.22. The van der Waals surface area contributed by atoms with E-state index in [-0.39, 0.29) is 6.09 Å². The second-order valence-electron chi connectivity index (χ2n) is 5.42. The zero-order valence-corrected chi connectivity index (χ0v) is 10.7. The molecule has 1 aromatic rings. The van der Waals surface area contributed by atoms with Crippen LogP contribution in [0.4, 0.5) is 4.79 Å². The summed E-state index contributed by atoms with van der Waals surface area (Å²) in [4.78, 5) is 13.7. The number of fused-ring (bicyclic) bond motifs is 1. The van der Waals surface area contributed by atoms with Gasteiger partial charge in [-0.25, -0.2) is 0 Å². The number of ether oxygens (including phenoxy) is 1. The van der Waals surface area contributed by atoms with Crippen molar-refractivity contribution in [1.29, 1.82) is 0 Å². The molecule has 1 amide bonds. The third-order valence-corrected chi connectivity index (χ3v) is 2.78. The first-order valence-electron chi connectivity index (χ1n) is 6.00. The molecule has 2 rings (SSSR count). The van der Waals surface area contributed by atoms with Gasteiger partial charge in [-0.15, -0.1) is 0 Å². The van der Waals surface area contributed by atoms with Gasteiger partial charge in [-0.1, -0.05) is 29.2 Å². The molecular weight excluding hydrogens is 214 g/mol. The number of carbonyl (C=O) groups is 1. The lowest BCUT2D eigenvalue weighted by molar-refractivity contribution is 0.0385. The topological polar surface area (TPSA) is 32.2 Å². The predicted molar refractivity (Wildman–Crippen MR) is 67.1 cm³/mol. The number of hydrogen-bond donors (Lipinski definition) is 0. The number of nitrogens with zero attached hydrogens (tertiary/aromatic N) is 1. The predicted octanol–water partition coefficient (Wildman–Crippen LogP) is 2.82. The molecule has 3 nitrogen and oxygen atoms in total. The summed E-state index contributed by atoms with van der Waals surface area (Å²) in [7, 11) is 0. The van der Waals surface area contributed by atoms with E-state index in [1.165, 1.54) is 11.1 Å². The molecule has 1 aliphatic heterocycles. The maximum absolute atomic E-state index is 11.9. The van der Waals surface area contributed by atoms with Crippen LogP contribution in [0.15, 0.2) is 24.3 Å². The van der Waals surface area contributed by atoms with Crippen molar-refractivity contribution < 1.29 is 9.53 Å². The summed E-state index contributed by atoms with van der Waals surface area (Å²) in [6, 6.07) is 8.26. The molecule has 0 spiro atoms. The van der Waals surface area contributed by atoms with Crippen molar-refractivity contribution in [2.24, 2.45) is 0 Å². The summed E-state index contributed by atoms with van der Waals surface area (Å²) in [5.41, 5.74) is 2.14. The van der Waals surface area contributed by atoms with Gasteiger partial charge in [0.05, 0.1) is 0 Å². The minimum absolute atomic E-state index is 0.216. The van der Waals surface area contributed by atoms with Crippen molar-refractivity contribution >= 4 is 6.09 Å². The van der Waals surface area contributed by atoms with Crippen LogP contribution in [0.5, 0.6) is 0 Å². The highest BCUT2D eigenvalue weighted by atomic mass is 16.6. The van der Waals surface area contributed by atoms with Gasteiger partial charge in [-0.05, 0) is 26.3 Å². The van der Waals surface area contributed by atoms with Crippen LogP contribution < -0.4 is 4.90 Å². The minimum Gasteiger partial charge on any atom is -0.411 e. The fourth-order valence-corrected chi connectivity index (χ4v) is 1.98. The quantitative estimate of drug-likeness (QED) is 0.645. The summed E-state index contributed by atoms with van der Waals surface area (Å²) in [6.07, 6.45) is 0.696. The monoisotopic (exact) mass is 233 g/mol. The summed E-state index contributed by atoms with van der Waals surface area (Å²) in [5.74, 6) is 0. The maximum atomic E-state index is 11.9. The number of benzene rings is 1. The van der Waals surface area contributed by atoms with Gasteiger partial charge in [0.15, 0.2) is 6.54 Å². The van der Waals surface area contributed by atoms with Crippen LogP contribution in [0.3, 0.4) is 0 Å². The highest BCUT2D eigenvalue weighted by molar-refractivity contribution is 5.71. The molecule has 0 saturated heterocycles. The Bertz CT molecular complexity index is 420. The molecule has 0 fully saturated rings. The number of carbonyl (C=O) groups excluding carboxylic acids is 1. The molecule has 1 heterocycles. The van der Waals surface area contributed by atoms with E-state index < -0.39 is 5.60 Å². The smallest absolute Gasteiger partial charge is 0.411 e. The Kier molecular flexibility index (Phi) is 3.20. The number of amides is 1. The van der Waals surface area contributed by atoms with Crippen LogP contribution in [-0.4, -0.2) is 18.2 Å². The Morgan fingerprint density at radius 2 is 1.88 bits per heavy atom. The van der Waals surface area contributed by atoms with E-state index in [9.17, 15) is 4.79 Å². The van der Waals surface area contributed by atoms with Crippen molar-refractivity contribution in [3.05, 3.63) is 35.4 Å². The minimum atomic E-state index is -0.423. The second-order valence-corrected chi connectivity index (χ2v) is 5.42. The molecule has 0 bridgehead atoms. The first kappa shape index (κ1) is 12.1. The largest absolute Gasteiger partial charge is 0.566 e. The fraction of sp³-hybridized carbons (Fsp3) is 0.500. The van der Waals surface area contributed by atoms with E-state index in [2.05, 4.69) is 12.1 Å². The number of rotatable bonds is 0. The molecule has 0 N–H and O–H groups in total. The maximum Gasteiger partial charge on any atom is 0.566 e. The lowest BCUT2D eigenvalue weighted by Crippen LogP contribution is -2.44. The standard InChI is InChI=1S/C14H19NO2/c1-14(2,3)17-13(16)15-9-8-11-6-4-5-7-12(11)10-15/h4-7H,8-10H2,1-3H3/q+1. The fourth-order valence-electron chi connectivity index (χ4n) is 1.98. The van der Waals surface area contributed by atoms with Crippen molar-refractivity contribution in [3.8, 4) is 0 Å². The SMILES string of the molecule is CC(C)(C)OC(=O)[N+]1CCc2ccccc2C1. The molecule has 1 aliphatic rings. The van der Waals surface area contributed by atoms with E-state index in [1.807, 2.05) is 32.9 Å². The van der Waals surface area contributed by atoms with Gasteiger partial charge in [0.2, 0.25) is 0 Å². The summed E-state index contributed by atoms with van der Waals surface area (Å²) < 4.78 is 5.38. The number of hydrogen-bond acceptors (Lipinski definition) is 2. The third kappa shape index (κ3) is 3.07. The van der Waals surface area contributed by atoms with Crippen molar-refractivity contribution in [2.45, 2.75) is 39.3 Å². The lowest BCUT2D eigenvalue weighted by atomic mass is 10.0. The molecule has 3 heteroatoms. The first-order valence-corrected chi connectivity index (χ1v) is 6.00. The van der Waals surface area contributed by atoms with Crippen LogP contribution in [-0.2, 0) is 17.7 Å². The molecular formula is C14H19NO2+. The molecule has 0 unspecified atom stereocenters. The Morgan fingerprint density at radius 3 is 2.53 bits per heavy atom. The van der Waals surface area contributed by atoms with Gasteiger partial charge in [-0.3, -0.25) is 0 Å². The Morgan fingerprint density at radius 1 is 1.24 bits per heavy atom. The van der Waals surface area contributed by atoms with Crippen LogP contribution >= 0.6 is 0 Å². The van der Waals surface area contributed by atoms with E-state index in [0.717, 1.165) is 13.0 Å². The Labute approximate surface area is 102 Å². The van der Waals surface area contributed by atoms with E-state index in [1.54, 1.807) is 4.90 Å². The molecule has 0 aliphatic carbocycles. The molecule has 0 saturated carbocycles. The highest BCUT2D eigenvalue weighted by Crippen LogP contribution is 2.18. The third-order valence-electron chi connectivity index (χ3n) is 2.78. The van der Waals surface area contributed by atoms with E-state index >= 15 is 0 Å². The van der Waals surface area contributed by atoms with Crippen LogP contribution in [0.2, 0.25) is 0 Å². The van der Waals surface area contributed by atoms with Gasteiger partial charge in [-0.2, -0.15) is 4.79 Å². The molecule has 0 atom stereocenters.